The quantitative estimate of drug-likeness (QED) is 0.190. The van der Waals surface area contributed by atoms with E-state index in [0.717, 1.165) is 12.1 Å². The minimum absolute atomic E-state index is 0.0164. The van der Waals surface area contributed by atoms with Gasteiger partial charge < -0.3 is 16.6 Å². The standard InChI is InChI=1S/C16H19F3N6O3S/c1-7(22-12(27)5-11(20)26)6-29-16-13(24-28-25-16)15(21)23-8-2-3-10(17)9(4-8)14(18)19/h2-4,7,12,14,22,27H,5-6H2,1H3,(H2,20,26)(H2,21,23)/t7-,12?/m0/s1. The Morgan fingerprint density at radius 2 is 2.10 bits per heavy atom. The molecule has 2 aromatic rings. The smallest absolute Gasteiger partial charge is 0.266 e. The van der Waals surface area contributed by atoms with E-state index in [1.807, 2.05) is 0 Å². The molecule has 0 saturated carbocycles. The lowest BCUT2D eigenvalue weighted by Gasteiger charge is -2.17. The number of aliphatic imine (C=N–C) groups is 1. The fourth-order valence-corrected chi connectivity index (χ4v) is 3.09. The molecule has 0 bridgehead atoms. The van der Waals surface area contributed by atoms with Gasteiger partial charge in [-0.2, -0.15) is 0 Å². The van der Waals surface area contributed by atoms with Gasteiger partial charge >= 0.3 is 0 Å². The third-order valence-electron chi connectivity index (χ3n) is 3.51. The lowest BCUT2D eigenvalue weighted by Crippen LogP contribution is -2.40. The van der Waals surface area contributed by atoms with Crippen LogP contribution in [0.15, 0.2) is 32.8 Å². The molecule has 0 fully saturated rings. The van der Waals surface area contributed by atoms with E-state index in [1.54, 1.807) is 6.92 Å². The van der Waals surface area contributed by atoms with Gasteiger partial charge in [0.15, 0.2) is 16.6 Å². The average Bonchev–Trinajstić information content (AvgIpc) is 3.09. The van der Waals surface area contributed by atoms with Gasteiger partial charge in [-0.3, -0.25) is 10.1 Å². The Morgan fingerprint density at radius 1 is 1.38 bits per heavy atom. The SMILES string of the molecule is C[C@@H](CSc1nonc1C(N)=Nc1ccc(F)c(C(F)F)c1)NC(O)CC(N)=O. The van der Waals surface area contributed by atoms with Gasteiger partial charge in [0.25, 0.3) is 6.43 Å². The number of nitrogens with zero attached hydrogens (tertiary/aromatic N) is 3. The van der Waals surface area contributed by atoms with Crippen molar-refractivity contribution >= 4 is 29.2 Å². The molecule has 0 aliphatic carbocycles. The molecule has 1 unspecified atom stereocenters. The van der Waals surface area contributed by atoms with Crippen LogP contribution in [-0.4, -0.2) is 45.2 Å². The van der Waals surface area contributed by atoms with Gasteiger partial charge in [-0.05, 0) is 35.4 Å². The number of aliphatic hydroxyl groups excluding tert-OH is 1. The summed E-state index contributed by atoms with van der Waals surface area (Å²) in [6.07, 6.45) is -4.32. The van der Waals surface area contributed by atoms with Crippen molar-refractivity contribution in [2.75, 3.05) is 5.75 Å². The summed E-state index contributed by atoms with van der Waals surface area (Å²) in [4.78, 5) is 14.7. The number of carbonyl (C=O) groups is 1. The molecular formula is C16H19F3N6O3S. The van der Waals surface area contributed by atoms with E-state index >= 15 is 0 Å². The Morgan fingerprint density at radius 3 is 2.76 bits per heavy atom. The zero-order chi connectivity index (χ0) is 21.6. The van der Waals surface area contributed by atoms with E-state index in [9.17, 15) is 23.1 Å². The number of amides is 1. The normalized spacial score (nSPS) is 14.2. The zero-order valence-corrected chi connectivity index (χ0v) is 16.0. The number of hydrogen-bond acceptors (Lipinski definition) is 8. The van der Waals surface area contributed by atoms with Crippen molar-refractivity contribution in [2.45, 2.75) is 37.1 Å². The van der Waals surface area contributed by atoms with Gasteiger partial charge in [0, 0.05) is 11.8 Å². The lowest BCUT2D eigenvalue weighted by molar-refractivity contribution is -0.120. The van der Waals surface area contributed by atoms with Crippen molar-refractivity contribution in [3.05, 3.63) is 35.3 Å². The molecule has 6 N–H and O–H groups in total. The molecule has 1 aromatic carbocycles. The third kappa shape index (κ3) is 6.73. The number of primary amides is 1. The van der Waals surface area contributed by atoms with E-state index < -0.39 is 29.9 Å². The van der Waals surface area contributed by atoms with Gasteiger partial charge in [-0.1, -0.05) is 11.8 Å². The monoisotopic (exact) mass is 432 g/mol. The second-order valence-corrected chi connectivity index (χ2v) is 7.00. The van der Waals surface area contributed by atoms with Gasteiger partial charge in [-0.25, -0.2) is 22.8 Å². The van der Waals surface area contributed by atoms with Crippen molar-refractivity contribution in [1.82, 2.24) is 15.6 Å². The predicted octanol–water partition coefficient (Wildman–Crippen LogP) is 1.45. The Bertz CT molecular complexity index is 879. The van der Waals surface area contributed by atoms with Crippen LogP contribution in [0, 0.1) is 5.82 Å². The number of aliphatic hydroxyl groups is 1. The summed E-state index contributed by atoms with van der Waals surface area (Å²) in [5.74, 6) is -1.46. The third-order valence-corrected chi connectivity index (χ3v) is 4.71. The van der Waals surface area contributed by atoms with E-state index in [1.165, 1.54) is 17.8 Å². The molecule has 0 aliphatic rings. The maximum atomic E-state index is 13.4. The molecule has 1 heterocycles. The molecule has 2 rings (SSSR count). The van der Waals surface area contributed by atoms with Crippen LogP contribution in [0.2, 0.25) is 0 Å². The maximum Gasteiger partial charge on any atom is 0.266 e. The highest BCUT2D eigenvalue weighted by Gasteiger charge is 2.18. The molecule has 9 nitrogen and oxygen atoms in total. The minimum atomic E-state index is -3.00. The van der Waals surface area contributed by atoms with E-state index in [0.29, 0.717) is 5.75 Å². The van der Waals surface area contributed by atoms with Crippen LogP contribution in [0.5, 0.6) is 0 Å². The number of rotatable bonds is 10. The largest absolute Gasteiger partial charge is 0.382 e. The Kier molecular flexibility index (Phi) is 7.99. The van der Waals surface area contributed by atoms with Crippen LogP contribution in [0.25, 0.3) is 0 Å². The summed E-state index contributed by atoms with van der Waals surface area (Å²) in [6.45, 7) is 1.76. The number of benzene rings is 1. The Labute approximate surface area is 167 Å². The summed E-state index contributed by atoms with van der Waals surface area (Å²) in [7, 11) is 0. The van der Waals surface area contributed by atoms with Crippen LogP contribution >= 0.6 is 11.8 Å². The second kappa shape index (κ2) is 10.2. The molecule has 2 atom stereocenters. The van der Waals surface area contributed by atoms with Crippen LogP contribution in [0.3, 0.4) is 0 Å². The van der Waals surface area contributed by atoms with Crippen molar-refractivity contribution in [3.63, 3.8) is 0 Å². The highest BCUT2D eigenvalue weighted by atomic mass is 32.2. The van der Waals surface area contributed by atoms with E-state index in [-0.39, 0.29) is 34.7 Å². The summed E-state index contributed by atoms with van der Waals surface area (Å²) >= 11 is 1.17. The van der Waals surface area contributed by atoms with E-state index in [2.05, 4.69) is 25.3 Å². The number of nitrogens with two attached hydrogens (primary N) is 2. The lowest BCUT2D eigenvalue weighted by atomic mass is 10.2. The first-order chi connectivity index (χ1) is 13.7. The van der Waals surface area contributed by atoms with Gasteiger partial charge in [0.1, 0.15) is 12.0 Å². The Hall–Kier alpha value is -2.64. The van der Waals surface area contributed by atoms with Crippen LogP contribution in [-0.2, 0) is 4.79 Å². The molecule has 0 saturated heterocycles. The number of amidine groups is 1. The van der Waals surface area contributed by atoms with Crippen molar-refractivity contribution in [3.8, 4) is 0 Å². The summed E-state index contributed by atoms with van der Waals surface area (Å²) < 4.78 is 43.7. The molecular weight excluding hydrogens is 413 g/mol. The summed E-state index contributed by atoms with van der Waals surface area (Å²) in [6, 6.07) is 2.71. The molecule has 29 heavy (non-hydrogen) atoms. The summed E-state index contributed by atoms with van der Waals surface area (Å²) in [5.41, 5.74) is 10.2. The molecule has 13 heteroatoms. The maximum absolute atomic E-state index is 13.4. The highest BCUT2D eigenvalue weighted by molar-refractivity contribution is 7.99. The van der Waals surface area contributed by atoms with Crippen molar-refractivity contribution in [1.29, 1.82) is 0 Å². The molecule has 0 radical (unpaired) electrons. The number of thioether (sulfide) groups is 1. The molecule has 1 aromatic heterocycles. The molecule has 0 spiro atoms. The van der Waals surface area contributed by atoms with Crippen molar-refractivity contribution in [2.24, 2.45) is 16.5 Å². The first-order valence-electron chi connectivity index (χ1n) is 8.27. The fraction of sp³-hybridized carbons (Fsp3) is 0.375. The average molecular weight is 432 g/mol. The molecule has 158 valence electrons. The number of nitrogens with one attached hydrogen (secondary N) is 1. The molecule has 1 amide bonds. The van der Waals surface area contributed by atoms with Crippen LogP contribution < -0.4 is 16.8 Å². The number of alkyl halides is 2. The Balaban J connectivity index is 2.06. The second-order valence-electron chi connectivity index (χ2n) is 5.99. The number of halogens is 3. The van der Waals surface area contributed by atoms with Crippen LogP contribution in [0.1, 0.15) is 31.0 Å². The number of aromatic nitrogens is 2. The van der Waals surface area contributed by atoms with E-state index in [4.69, 9.17) is 11.5 Å². The summed E-state index contributed by atoms with van der Waals surface area (Å²) in [5, 5.41) is 20.1. The van der Waals surface area contributed by atoms with Gasteiger partial charge in [0.2, 0.25) is 5.91 Å². The zero-order valence-electron chi connectivity index (χ0n) is 15.2. The molecule has 0 aliphatic heterocycles. The predicted molar refractivity (Wildman–Crippen MR) is 99.2 cm³/mol. The number of carbonyl (C=O) groups excluding carboxylic acids is 1. The van der Waals surface area contributed by atoms with Gasteiger partial charge in [0.05, 0.1) is 17.7 Å². The fourth-order valence-electron chi connectivity index (χ4n) is 2.22. The number of hydrogen-bond donors (Lipinski definition) is 4. The topological polar surface area (TPSA) is 153 Å². The highest BCUT2D eigenvalue weighted by Crippen LogP contribution is 2.27. The van der Waals surface area contributed by atoms with Crippen LogP contribution in [0.4, 0.5) is 18.9 Å². The van der Waals surface area contributed by atoms with Gasteiger partial charge in [-0.15, -0.1) is 0 Å². The first kappa shape index (κ1) is 22.6. The first-order valence-corrected chi connectivity index (χ1v) is 9.25. The minimum Gasteiger partial charge on any atom is -0.382 e. The van der Waals surface area contributed by atoms with Crippen molar-refractivity contribution < 1.29 is 27.7 Å².